The van der Waals surface area contributed by atoms with Gasteiger partial charge in [0, 0.05) is 4.88 Å². The number of nitrogens with one attached hydrogen (secondary N) is 1. The minimum absolute atomic E-state index is 0.0420. The van der Waals surface area contributed by atoms with Gasteiger partial charge in [-0.15, -0.1) is 11.3 Å². The van der Waals surface area contributed by atoms with Crippen LogP contribution in [0.25, 0.3) is 10.2 Å². The lowest BCUT2D eigenvalue weighted by molar-refractivity contribution is 0.0997. The molecule has 1 aromatic carbocycles. The summed E-state index contributed by atoms with van der Waals surface area (Å²) < 4.78 is 11.7. The molecule has 1 aliphatic rings. The van der Waals surface area contributed by atoms with Crippen LogP contribution in [0.5, 0.6) is 11.5 Å². The van der Waals surface area contributed by atoms with Gasteiger partial charge in [-0.3, -0.25) is 0 Å². The average Bonchev–Trinajstić information content (AvgIpc) is 2.93. The molecule has 1 aliphatic heterocycles. The first-order chi connectivity index (χ1) is 10.8. The molecule has 0 saturated heterocycles. The van der Waals surface area contributed by atoms with Gasteiger partial charge in [0.1, 0.15) is 29.7 Å². The molecule has 3 heterocycles. The maximum atomic E-state index is 5.94. The van der Waals surface area contributed by atoms with Gasteiger partial charge < -0.3 is 14.8 Å². The average molecular weight is 313 g/mol. The molecule has 2 aromatic heterocycles. The van der Waals surface area contributed by atoms with Gasteiger partial charge in [0.2, 0.25) is 0 Å². The molecule has 6 heteroatoms. The van der Waals surface area contributed by atoms with Gasteiger partial charge in [-0.2, -0.15) is 0 Å². The molecule has 0 spiro atoms. The van der Waals surface area contributed by atoms with Crippen LogP contribution in [0.2, 0.25) is 0 Å². The molecule has 0 amide bonds. The van der Waals surface area contributed by atoms with E-state index in [0.29, 0.717) is 13.2 Å². The van der Waals surface area contributed by atoms with Gasteiger partial charge in [-0.25, -0.2) is 9.97 Å². The van der Waals surface area contributed by atoms with E-state index in [1.807, 2.05) is 24.3 Å². The molecular formula is C16H15N3O2S. The lowest BCUT2D eigenvalue weighted by Gasteiger charge is -2.26. The molecule has 1 unspecified atom stereocenters. The van der Waals surface area contributed by atoms with Crippen LogP contribution in [0.4, 0.5) is 5.82 Å². The first-order valence-corrected chi connectivity index (χ1v) is 7.95. The van der Waals surface area contributed by atoms with Crippen molar-refractivity contribution in [3.05, 3.63) is 41.5 Å². The number of aryl methyl sites for hydroxylation is 1. The van der Waals surface area contributed by atoms with Crippen molar-refractivity contribution in [1.82, 2.24) is 9.97 Å². The van der Waals surface area contributed by atoms with Gasteiger partial charge in [0.05, 0.1) is 11.9 Å². The fourth-order valence-electron chi connectivity index (χ4n) is 2.49. The van der Waals surface area contributed by atoms with Gasteiger partial charge >= 0.3 is 0 Å². The number of nitrogens with zero attached hydrogens (tertiary/aromatic N) is 2. The fourth-order valence-corrected chi connectivity index (χ4v) is 3.34. The summed E-state index contributed by atoms with van der Waals surface area (Å²) in [5.74, 6) is 2.44. The van der Waals surface area contributed by atoms with Gasteiger partial charge in [-0.05, 0) is 25.1 Å². The van der Waals surface area contributed by atoms with E-state index in [1.165, 1.54) is 4.88 Å². The standard InChI is InChI=1S/C16H15N3O2S/c1-10-6-12-15(18-9-19-16(12)22-10)17-7-11-8-20-13-4-2-3-5-14(13)21-11/h2-6,9,11H,7-8H2,1H3,(H,17,18,19). The van der Waals surface area contributed by atoms with Crippen LogP contribution >= 0.6 is 11.3 Å². The highest BCUT2D eigenvalue weighted by atomic mass is 32.1. The molecular weight excluding hydrogens is 298 g/mol. The Morgan fingerprint density at radius 3 is 3.05 bits per heavy atom. The molecule has 3 aromatic rings. The van der Waals surface area contributed by atoms with Crippen LogP contribution < -0.4 is 14.8 Å². The first-order valence-electron chi connectivity index (χ1n) is 7.13. The van der Waals surface area contributed by atoms with Crippen molar-refractivity contribution in [1.29, 1.82) is 0 Å². The van der Waals surface area contributed by atoms with Crippen molar-refractivity contribution in [2.45, 2.75) is 13.0 Å². The maximum Gasteiger partial charge on any atom is 0.161 e. The number of thiophene rings is 1. The summed E-state index contributed by atoms with van der Waals surface area (Å²) in [5, 5.41) is 4.41. The predicted octanol–water partition coefficient (Wildman–Crippen LogP) is 3.25. The summed E-state index contributed by atoms with van der Waals surface area (Å²) in [4.78, 5) is 10.9. The van der Waals surface area contributed by atoms with Gasteiger partial charge in [-0.1, -0.05) is 12.1 Å². The fraction of sp³-hybridized carbons (Fsp3) is 0.250. The van der Waals surface area contributed by atoms with Crippen molar-refractivity contribution < 1.29 is 9.47 Å². The molecule has 0 saturated carbocycles. The zero-order chi connectivity index (χ0) is 14.9. The number of benzene rings is 1. The van der Waals surface area contributed by atoms with Crippen LogP contribution in [0.1, 0.15) is 4.88 Å². The Labute approximate surface area is 131 Å². The summed E-state index contributed by atoms with van der Waals surface area (Å²) in [7, 11) is 0. The molecule has 1 atom stereocenters. The van der Waals surface area contributed by atoms with E-state index in [-0.39, 0.29) is 6.10 Å². The third-order valence-electron chi connectivity index (χ3n) is 3.52. The lowest BCUT2D eigenvalue weighted by Crippen LogP contribution is -2.35. The lowest BCUT2D eigenvalue weighted by atomic mass is 10.2. The second kappa shape index (κ2) is 5.46. The van der Waals surface area contributed by atoms with Crippen molar-refractivity contribution in [2.24, 2.45) is 0 Å². The third kappa shape index (κ3) is 2.46. The Hall–Kier alpha value is -2.34. The van der Waals surface area contributed by atoms with Crippen molar-refractivity contribution in [3.63, 3.8) is 0 Å². The Morgan fingerprint density at radius 2 is 2.14 bits per heavy atom. The highest BCUT2D eigenvalue weighted by Crippen LogP contribution is 2.31. The molecule has 4 rings (SSSR count). The van der Waals surface area contributed by atoms with Gasteiger partial charge in [0.25, 0.3) is 0 Å². The molecule has 0 fully saturated rings. The predicted molar refractivity (Wildman–Crippen MR) is 87.0 cm³/mol. The largest absolute Gasteiger partial charge is 0.486 e. The maximum absolute atomic E-state index is 5.94. The highest BCUT2D eigenvalue weighted by molar-refractivity contribution is 7.18. The number of rotatable bonds is 3. The highest BCUT2D eigenvalue weighted by Gasteiger charge is 2.20. The third-order valence-corrected chi connectivity index (χ3v) is 4.48. The van der Waals surface area contributed by atoms with E-state index >= 15 is 0 Å². The second-order valence-electron chi connectivity index (χ2n) is 5.18. The first kappa shape index (κ1) is 13.3. The van der Waals surface area contributed by atoms with E-state index in [4.69, 9.17) is 9.47 Å². The number of hydrogen-bond acceptors (Lipinski definition) is 6. The number of aromatic nitrogens is 2. The summed E-state index contributed by atoms with van der Waals surface area (Å²) in [6.07, 6.45) is 1.55. The number of hydrogen-bond donors (Lipinski definition) is 1. The van der Waals surface area contributed by atoms with E-state index in [9.17, 15) is 0 Å². The second-order valence-corrected chi connectivity index (χ2v) is 6.41. The summed E-state index contributed by atoms with van der Waals surface area (Å²) >= 11 is 1.67. The normalized spacial score (nSPS) is 16.7. The van der Waals surface area contributed by atoms with E-state index in [2.05, 4.69) is 28.3 Å². The van der Waals surface area contributed by atoms with Crippen LogP contribution in [0, 0.1) is 6.92 Å². The van der Waals surface area contributed by atoms with Crippen LogP contribution in [-0.2, 0) is 0 Å². The Morgan fingerprint density at radius 1 is 1.27 bits per heavy atom. The number of fused-ring (bicyclic) bond motifs is 2. The van der Waals surface area contributed by atoms with Crippen LogP contribution in [0.3, 0.4) is 0 Å². The molecule has 22 heavy (non-hydrogen) atoms. The summed E-state index contributed by atoms with van der Waals surface area (Å²) in [6, 6.07) is 9.83. The van der Waals surface area contributed by atoms with Crippen molar-refractivity contribution >= 4 is 27.4 Å². The molecule has 5 nitrogen and oxygen atoms in total. The Balaban J connectivity index is 1.49. The minimum atomic E-state index is -0.0420. The summed E-state index contributed by atoms with van der Waals surface area (Å²) in [6.45, 7) is 3.24. The van der Waals surface area contributed by atoms with E-state index < -0.39 is 0 Å². The quantitative estimate of drug-likeness (QED) is 0.804. The molecule has 0 bridgehead atoms. The zero-order valence-corrected chi connectivity index (χ0v) is 12.9. The number of anilines is 1. The minimum Gasteiger partial charge on any atom is -0.486 e. The topological polar surface area (TPSA) is 56.3 Å². The number of ether oxygens (including phenoxy) is 2. The van der Waals surface area contributed by atoms with Crippen molar-refractivity contribution in [2.75, 3.05) is 18.5 Å². The van der Waals surface area contributed by atoms with Crippen LogP contribution in [0.15, 0.2) is 36.7 Å². The molecule has 1 N–H and O–H groups in total. The smallest absolute Gasteiger partial charge is 0.161 e. The zero-order valence-electron chi connectivity index (χ0n) is 12.1. The Bertz CT molecular complexity index is 818. The Kier molecular flexibility index (Phi) is 3.31. The monoisotopic (exact) mass is 313 g/mol. The summed E-state index contributed by atoms with van der Waals surface area (Å²) in [5.41, 5.74) is 0. The van der Waals surface area contributed by atoms with E-state index in [0.717, 1.165) is 27.5 Å². The molecule has 0 aliphatic carbocycles. The van der Waals surface area contributed by atoms with Crippen LogP contribution in [-0.4, -0.2) is 29.2 Å². The van der Waals surface area contributed by atoms with E-state index in [1.54, 1.807) is 17.7 Å². The number of para-hydroxylation sites is 2. The van der Waals surface area contributed by atoms with Gasteiger partial charge in [0.15, 0.2) is 11.5 Å². The molecule has 0 radical (unpaired) electrons. The van der Waals surface area contributed by atoms with Crippen molar-refractivity contribution in [3.8, 4) is 11.5 Å². The molecule has 112 valence electrons. The SMILES string of the molecule is Cc1cc2c(NCC3COc4ccccc4O3)ncnc2s1.